The first-order valence-corrected chi connectivity index (χ1v) is 12.5. The van der Waals surface area contributed by atoms with E-state index in [1.165, 1.54) is 12.1 Å². The molecule has 2 aromatic carbocycles. The second-order valence-corrected chi connectivity index (χ2v) is 9.94. The average molecular weight is 513 g/mol. The highest BCUT2D eigenvalue weighted by atomic mass is 19.4. The number of carbonyl (C=O) groups excluding carboxylic acids is 2. The van der Waals surface area contributed by atoms with Gasteiger partial charge in [0.05, 0.1) is 17.7 Å². The maximum atomic E-state index is 12.9. The molecule has 0 saturated carbocycles. The van der Waals surface area contributed by atoms with Gasteiger partial charge >= 0.3 is 6.18 Å². The zero-order valence-corrected chi connectivity index (χ0v) is 21.0. The third-order valence-electron chi connectivity index (χ3n) is 6.46. The minimum atomic E-state index is -4.40. The standard InChI is InChI=1S/C28H31F3N4O2/c1-19(2)14-24-16-25(33-35(24)23-6-4-3-5-7-23)27(37)32-17-21-12-13-34(18-21)26(36)15-20-8-10-22(11-9-20)28(29,30)31/h3-11,16,19,21H,12-15,17-18H2,1-2H3,(H,32,37)/t21-/m0/s1. The van der Waals surface area contributed by atoms with Gasteiger partial charge in [-0.25, -0.2) is 4.68 Å². The Bertz CT molecular complexity index is 1220. The lowest BCUT2D eigenvalue weighted by atomic mass is 10.1. The predicted molar refractivity (Wildman–Crippen MR) is 134 cm³/mol. The summed E-state index contributed by atoms with van der Waals surface area (Å²) in [5.74, 6) is 0.120. The van der Waals surface area contributed by atoms with E-state index < -0.39 is 11.7 Å². The van der Waals surface area contributed by atoms with E-state index in [1.807, 2.05) is 41.1 Å². The van der Waals surface area contributed by atoms with Crippen LogP contribution in [0, 0.1) is 11.8 Å². The lowest BCUT2D eigenvalue weighted by Gasteiger charge is -2.17. The number of amides is 2. The molecule has 0 aliphatic carbocycles. The van der Waals surface area contributed by atoms with E-state index in [9.17, 15) is 22.8 Å². The third-order valence-corrected chi connectivity index (χ3v) is 6.46. The molecule has 2 amide bonds. The van der Waals surface area contributed by atoms with Gasteiger partial charge in [-0.05, 0) is 60.6 Å². The zero-order chi connectivity index (χ0) is 26.6. The number of para-hydroxylation sites is 1. The monoisotopic (exact) mass is 512 g/mol. The van der Waals surface area contributed by atoms with Gasteiger partial charge in [0, 0.05) is 25.3 Å². The van der Waals surface area contributed by atoms with E-state index in [2.05, 4.69) is 24.3 Å². The number of hydrogen-bond acceptors (Lipinski definition) is 3. The molecule has 1 N–H and O–H groups in total. The van der Waals surface area contributed by atoms with Crippen molar-refractivity contribution in [3.63, 3.8) is 0 Å². The predicted octanol–water partition coefficient (Wildman–Crippen LogP) is 4.91. The normalized spacial score (nSPS) is 15.8. The molecule has 1 aromatic heterocycles. The number of rotatable bonds is 8. The lowest BCUT2D eigenvalue weighted by Crippen LogP contribution is -2.33. The number of alkyl halides is 3. The fourth-order valence-electron chi connectivity index (χ4n) is 4.54. The number of aromatic nitrogens is 2. The molecule has 1 atom stereocenters. The number of likely N-dealkylation sites (tertiary alicyclic amines) is 1. The zero-order valence-electron chi connectivity index (χ0n) is 21.0. The summed E-state index contributed by atoms with van der Waals surface area (Å²) in [6.07, 6.45) is -2.82. The molecule has 4 rings (SSSR count). The molecule has 1 saturated heterocycles. The molecule has 196 valence electrons. The van der Waals surface area contributed by atoms with Gasteiger partial charge < -0.3 is 10.2 Å². The molecule has 9 heteroatoms. The topological polar surface area (TPSA) is 67.2 Å². The third kappa shape index (κ3) is 6.78. The van der Waals surface area contributed by atoms with Crippen LogP contribution in [-0.2, 0) is 23.8 Å². The molecule has 3 aromatic rings. The summed E-state index contributed by atoms with van der Waals surface area (Å²) in [5.41, 5.74) is 2.03. The fraction of sp³-hybridized carbons (Fsp3) is 0.393. The van der Waals surface area contributed by atoms with Crippen molar-refractivity contribution < 1.29 is 22.8 Å². The number of nitrogens with zero attached hydrogens (tertiary/aromatic N) is 3. The molecule has 1 aliphatic rings. The SMILES string of the molecule is CC(C)Cc1cc(C(=O)NC[C@@H]2CCN(C(=O)Cc3ccc(C(F)(F)F)cc3)C2)nn1-c1ccccc1. The van der Waals surface area contributed by atoms with E-state index in [0.717, 1.165) is 36.4 Å². The average Bonchev–Trinajstić information content (AvgIpc) is 3.50. The highest BCUT2D eigenvalue weighted by molar-refractivity contribution is 5.92. The fourth-order valence-corrected chi connectivity index (χ4v) is 4.54. The maximum Gasteiger partial charge on any atom is 0.416 e. The Morgan fingerprint density at radius 1 is 1.08 bits per heavy atom. The molecule has 37 heavy (non-hydrogen) atoms. The van der Waals surface area contributed by atoms with Crippen molar-refractivity contribution in [2.24, 2.45) is 11.8 Å². The lowest BCUT2D eigenvalue weighted by molar-refractivity contribution is -0.137. The number of nitrogens with one attached hydrogen (secondary N) is 1. The quantitative estimate of drug-likeness (QED) is 0.466. The Labute approximate surface area is 214 Å². The van der Waals surface area contributed by atoms with Gasteiger partial charge in [0.15, 0.2) is 5.69 Å². The van der Waals surface area contributed by atoms with Gasteiger partial charge in [0.1, 0.15) is 0 Å². The smallest absolute Gasteiger partial charge is 0.350 e. The van der Waals surface area contributed by atoms with E-state index in [1.54, 1.807) is 4.90 Å². The van der Waals surface area contributed by atoms with Crippen molar-refractivity contribution in [1.82, 2.24) is 20.0 Å². The van der Waals surface area contributed by atoms with E-state index in [4.69, 9.17) is 0 Å². The highest BCUT2D eigenvalue weighted by Gasteiger charge is 2.30. The highest BCUT2D eigenvalue weighted by Crippen LogP contribution is 2.29. The summed E-state index contributed by atoms with van der Waals surface area (Å²) in [4.78, 5) is 27.3. The van der Waals surface area contributed by atoms with Crippen LogP contribution >= 0.6 is 0 Å². The Morgan fingerprint density at radius 3 is 2.43 bits per heavy atom. The van der Waals surface area contributed by atoms with Crippen LogP contribution in [0.1, 0.15) is 47.6 Å². The molecule has 0 radical (unpaired) electrons. The number of halogens is 3. The van der Waals surface area contributed by atoms with E-state index in [0.29, 0.717) is 36.8 Å². The van der Waals surface area contributed by atoms with Crippen molar-refractivity contribution >= 4 is 11.8 Å². The van der Waals surface area contributed by atoms with Crippen LogP contribution in [-0.4, -0.2) is 46.1 Å². The van der Waals surface area contributed by atoms with Crippen molar-refractivity contribution in [3.05, 3.63) is 83.2 Å². The van der Waals surface area contributed by atoms with Gasteiger partial charge in [-0.1, -0.05) is 44.2 Å². The van der Waals surface area contributed by atoms with Gasteiger partial charge in [-0.3, -0.25) is 9.59 Å². The van der Waals surface area contributed by atoms with E-state index >= 15 is 0 Å². The molecule has 0 unspecified atom stereocenters. The maximum absolute atomic E-state index is 12.9. The second kappa shape index (κ2) is 11.2. The first-order valence-electron chi connectivity index (χ1n) is 12.5. The van der Waals surface area contributed by atoms with Crippen LogP contribution in [0.15, 0.2) is 60.7 Å². The van der Waals surface area contributed by atoms with Gasteiger partial charge in [0.2, 0.25) is 5.91 Å². The first kappa shape index (κ1) is 26.4. The van der Waals surface area contributed by atoms with E-state index in [-0.39, 0.29) is 24.2 Å². The molecule has 6 nitrogen and oxygen atoms in total. The minimum absolute atomic E-state index is 0.0484. The molecule has 1 fully saturated rings. The molecule has 0 spiro atoms. The molecule has 1 aliphatic heterocycles. The number of hydrogen-bond donors (Lipinski definition) is 1. The van der Waals surface area contributed by atoms with Gasteiger partial charge in [0.25, 0.3) is 5.91 Å². The molecule has 0 bridgehead atoms. The Kier molecular flexibility index (Phi) is 8.00. The number of carbonyl (C=O) groups is 2. The van der Waals surface area contributed by atoms with Gasteiger partial charge in [-0.2, -0.15) is 18.3 Å². The van der Waals surface area contributed by atoms with Crippen LogP contribution in [0.2, 0.25) is 0 Å². The van der Waals surface area contributed by atoms with Crippen LogP contribution in [0.4, 0.5) is 13.2 Å². The molecular weight excluding hydrogens is 481 g/mol. The first-order chi connectivity index (χ1) is 17.6. The Balaban J connectivity index is 1.31. The summed E-state index contributed by atoms with van der Waals surface area (Å²) in [6.45, 7) is 5.71. The number of benzene rings is 2. The summed E-state index contributed by atoms with van der Waals surface area (Å²) in [6, 6.07) is 16.2. The van der Waals surface area contributed by atoms with Crippen LogP contribution in [0.25, 0.3) is 5.69 Å². The van der Waals surface area contributed by atoms with Crippen LogP contribution in [0.3, 0.4) is 0 Å². The van der Waals surface area contributed by atoms with Crippen LogP contribution < -0.4 is 5.32 Å². The van der Waals surface area contributed by atoms with Crippen molar-refractivity contribution in [3.8, 4) is 5.69 Å². The summed E-state index contributed by atoms with van der Waals surface area (Å²) in [5, 5.41) is 7.52. The Hall–Kier alpha value is -3.62. The molecular formula is C28H31F3N4O2. The largest absolute Gasteiger partial charge is 0.416 e. The molecule has 2 heterocycles. The summed E-state index contributed by atoms with van der Waals surface area (Å²) >= 11 is 0. The summed E-state index contributed by atoms with van der Waals surface area (Å²) < 4.78 is 40.1. The van der Waals surface area contributed by atoms with Crippen molar-refractivity contribution in [2.75, 3.05) is 19.6 Å². The van der Waals surface area contributed by atoms with Gasteiger partial charge in [-0.15, -0.1) is 0 Å². The summed E-state index contributed by atoms with van der Waals surface area (Å²) in [7, 11) is 0. The Morgan fingerprint density at radius 2 is 1.78 bits per heavy atom. The minimum Gasteiger partial charge on any atom is -0.350 e. The van der Waals surface area contributed by atoms with Crippen molar-refractivity contribution in [1.29, 1.82) is 0 Å². The second-order valence-electron chi connectivity index (χ2n) is 9.94. The van der Waals surface area contributed by atoms with Crippen LogP contribution in [0.5, 0.6) is 0 Å². The van der Waals surface area contributed by atoms with Crippen molar-refractivity contribution in [2.45, 2.75) is 39.3 Å².